The zero-order valence-electron chi connectivity index (χ0n) is 29.2. The van der Waals surface area contributed by atoms with Crippen LogP contribution < -0.4 is 9.47 Å². The first kappa shape index (κ1) is 36.6. The Morgan fingerprint density at radius 1 is 0.370 bits per heavy atom. The molecule has 54 heavy (non-hydrogen) atoms. The average molecular weight is 723 g/mol. The fourth-order valence-corrected chi connectivity index (χ4v) is 6.22. The Labute approximate surface area is 310 Å². The first-order valence-electron chi connectivity index (χ1n) is 17.0. The van der Waals surface area contributed by atoms with Crippen LogP contribution in [0.2, 0.25) is 0 Å². The van der Waals surface area contributed by atoms with Crippen molar-refractivity contribution in [1.82, 2.24) is 0 Å². The van der Waals surface area contributed by atoms with E-state index in [4.69, 9.17) is 9.47 Å². The minimum atomic E-state index is -1.07. The molecule has 6 aromatic rings. The Morgan fingerprint density at radius 3 is 0.741 bits per heavy atom. The highest BCUT2D eigenvalue weighted by Crippen LogP contribution is 2.47. The van der Waals surface area contributed by atoms with E-state index in [1.165, 1.54) is 48.5 Å². The molecule has 0 aromatic heterocycles. The fourth-order valence-electron chi connectivity index (χ4n) is 6.22. The second-order valence-electron chi connectivity index (χ2n) is 12.2. The number of aromatic carboxylic acids is 4. The minimum absolute atomic E-state index is 0.112. The van der Waals surface area contributed by atoms with Crippen molar-refractivity contribution in [3.05, 3.63) is 144 Å². The second kappa shape index (κ2) is 15.6. The third kappa shape index (κ3) is 7.54. The molecule has 0 aliphatic rings. The Kier molecular flexibility index (Phi) is 10.6. The number of hydrogen-bond acceptors (Lipinski definition) is 6. The van der Waals surface area contributed by atoms with E-state index in [0.29, 0.717) is 80.3 Å². The van der Waals surface area contributed by atoms with Crippen LogP contribution in [0.4, 0.5) is 0 Å². The lowest BCUT2D eigenvalue weighted by molar-refractivity contribution is 0.0686. The van der Waals surface area contributed by atoms with Crippen molar-refractivity contribution in [2.75, 3.05) is 13.2 Å². The lowest BCUT2D eigenvalue weighted by atomic mass is 9.88. The third-order valence-corrected chi connectivity index (χ3v) is 8.86. The van der Waals surface area contributed by atoms with Crippen LogP contribution in [0.5, 0.6) is 11.5 Å². The van der Waals surface area contributed by atoms with Crippen LogP contribution in [0.1, 0.15) is 55.3 Å². The molecule has 0 bridgehead atoms. The summed E-state index contributed by atoms with van der Waals surface area (Å²) in [5.74, 6) is -3.26. The molecule has 4 N–H and O–H groups in total. The van der Waals surface area contributed by atoms with Gasteiger partial charge in [-0.05, 0) is 120 Å². The van der Waals surface area contributed by atoms with E-state index in [0.717, 1.165) is 0 Å². The zero-order chi connectivity index (χ0) is 38.5. The molecule has 0 saturated heterocycles. The summed E-state index contributed by atoms with van der Waals surface area (Å²) in [5.41, 5.74) is 7.17. The van der Waals surface area contributed by atoms with Gasteiger partial charge < -0.3 is 29.9 Å². The molecule has 0 radical (unpaired) electrons. The third-order valence-electron chi connectivity index (χ3n) is 8.86. The van der Waals surface area contributed by atoms with Crippen molar-refractivity contribution in [3.63, 3.8) is 0 Å². The van der Waals surface area contributed by atoms with Crippen LogP contribution in [0.3, 0.4) is 0 Å². The summed E-state index contributed by atoms with van der Waals surface area (Å²) < 4.78 is 12.5. The van der Waals surface area contributed by atoms with E-state index < -0.39 is 23.9 Å². The molecule has 10 heteroatoms. The molecule has 0 spiro atoms. The lowest BCUT2D eigenvalue weighted by Crippen LogP contribution is -2.01. The highest BCUT2D eigenvalue weighted by Gasteiger charge is 2.22. The number of benzene rings is 6. The van der Waals surface area contributed by atoms with Gasteiger partial charge in [0.2, 0.25) is 0 Å². The van der Waals surface area contributed by atoms with Crippen molar-refractivity contribution < 1.29 is 49.1 Å². The van der Waals surface area contributed by atoms with Gasteiger partial charge in [-0.3, -0.25) is 0 Å². The molecule has 270 valence electrons. The average Bonchev–Trinajstić information content (AvgIpc) is 3.18. The van der Waals surface area contributed by atoms with Crippen LogP contribution in [0.25, 0.3) is 55.6 Å². The summed E-state index contributed by atoms with van der Waals surface area (Å²) in [6, 6.07) is 33.4. The van der Waals surface area contributed by atoms with E-state index >= 15 is 0 Å². The quantitative estimate of drug-likeness (QED) is 0.0901. The molecule has 10 nitrogen and oxygen atoms in total. The number of carboxylic acid groups (broad SMARTS) is 4. The van der Waals surface area contributed by atoms with Gasteiger partial charge in [0.1, 0.15) is 11.5 Å². The molecule has 0 heterocycles. The monoisotopic (exact) mass is 722 g/mol. The minimum Gasteiger partial charge on any atom is -0.493 e. The van der Waals surface area contributed by atoms with Crippen LogP contribution >= 0.6 is 0 Å². The van der Waals surface area contributed by atoms with Crippen molar-refractivity contribution in [2.45, 2.75) is 13.8 Å². The van der Waals surface area contributed by atoms with Crippen molar-refractivity contribution >= 4 is 23.9 Å². The van der Waals surface area contributed by atoms with E-state index in [1.54, 1.807) is 48.5 Å². The van der Waals surface area contributed by atoms with Crippen LogP contribution in [-0.2, 0) is 0 Å². The van der Waals surface area contributed by atoms with E-state index in [9.17, 15) is 39.6 Å². The smallest absolute Gasteiger partial charge is 0.335 e. The fraction of sp³-hybridized carbons (Fsp3) is 0.0909. The highest BCUT2D eigenvalue weighted by molar-refractivity contribution is 5.96. The summed E-state index contributed by atoms with van der Waals surface area (Å²) in [4.78, 5) is 46.9. The van der Waals surface area contributed by atoms with Gasteiger partial charge in [-0.1, -0.05) is 48.5 Å². The summed E-state index contributed by atoms with van der Waals surface area (Å²) >= 11 is 0. The molecule has 0 aliphatic heterocycles. The predicted octanol–water partition coefficient (Wildman–Crippen LogP) is 9.61. The van der Waals surface area contributed by atoms with Gasteiger partial charge in [0, 0.05) is 22.3 Å². The molecule has 6 aromatic carbocycles. The summed E-state index contributed by atoms with van der Waals surface area (Å²) in [6.45, 7) is 4.29. The standard InChI is InChI=1S/C44H34O10/c1-3-53-39-35(25-5-13-29(14-6-25)41(45)46)21-33(22-36(39)26-7-15-30(16-8-26)42(47)48)34-23-37(27-9-17-31(18-10-27)43(49)50)40(54-4-2)38(24-34)28-11-19-32(20-12-28)44(51)52/h5-24H,3-4H2,1-2H3,(H,45,46)(H,47,48)(H,49,50)(H,51,52). The summed E-state index contributed by atoms with van der Waals surface area (Å²) in [5, 5.41) is 38.3. The number of carbonyl (C=O) groups is 4. The summed E-state index contributed by atoms with van der Waals surface area (Å²) in [6.07, 6.45) is 0. The molecule has 0 unspecified atom stereocenters. The van der Waals surface area contributed by atoms with E-state index in [2.05, 4.69) is 0 Å². The van der Waals surface area contributed by atoms with Crippen molar-refractivity contribution in [2.24, 2.45) is 0 Å². The Bertz CT molecular complexity index is 2050. The Hall–Kier alpha value is -7.20. The van der Waals surface area contributed by atoms with Gasteiger partial charge >= 0.3 is 23.9 Å². The number of hydrogen-bond donors (Lipinski definition) is 4. The molecule has 0 aliphatic carbocycles. The highest BCUT2D eigenvalue weighted by atomic mass is 16.5. The van der Waals surface area contributed by atoms with Crippen molar-refractivity contribution in [1.29, 1.82) is 0 Å². The summed E-state index contributed by atoms with van der Waals surface area (Å²) in [7, 11) is 0. The first-order chi connectivity index (χ1) is 26.0. The van der Waals surface area contributed by atoms with Crippen LogP contribution in [0.15, 0.2) is 121 Å². The first-order valence-corrected chi connectivity index (χ1v) is 17.0. The maximum absolute atomic E-state index is 11.7. The SMILES string of the molecule is CCOc1c(-c2ccc(C(=O)O)cc2)cc(-c2cc(-c3ccc(C(=O)O)cc3)c(OCC)c(-c3ccc(C(=O)O)cc3)c2)cc1-c1ccc(C(=O)O)cc1. The number of ether oxygens (including phenoxy) is 2. The lowest BCUT2D eigenvalue weighted by Gasteiger charge is -2.21. The largest absolute Gasteiger partial charge is 0.493 e. The van der Waals surface area contributed by atoms with Gasteiger partial charge in [-0.25, -0.2) is 19.2 Å². The van der Waals surface area contributed by atoms with Crippen molar-refractivity contribution in [3.8, 4) is 67.1 Å². The zero-order valence-corrected chi connectivity index (χ0v) is 29.2. The van der Waals surface area contributed by atoms with E-state index in [1.807, 2.05) is 38.1 Å². The van der Waals surface area contributed by atoms with Gasteiger partial charge in [0.25, 0.3) is 0 Å². The molecule has 6 rings (SSSR count). The van der Waals surface area contributed by atoms with Gasteiger partial charge in [-0.2, -0.15) is 0 Å². The normalized spacial score (nSPS) is 10.8. The predicted molar refractivity (Wildman–Crippen MR) is 204 cm³/mol. The number of carboxylic acids is 4. The molecular formula is C44H34O10. The van der Waals surface area contributed by atoms with Gasteiger partial charge in [-0.15, -0.1) is 0 Å². The maximum Gasteiger partial charge on any atom is 0.335 e. The van der Waals surface area contributed by atoms with Crippen LogP contribution in [-0.4, -0.2) is 57.5 Å². The topological polar surface area (TPSA) is 168 Å². The van der Waals surface area contributed by atoms with Gasteiger partial charge in [0.05, 0.1) is 35.5 Å². The van der Waals surface area contributed by atoms with Gasteiger partial charge in [0.15, 0.2) is 0 Å². The molecular weight excluding hydrogens is 688 g/mol. The maximum atomic E-state index is 11.7. The second-order valence-corrected chi connectivity index (χ2v) is 12.2. The van der Waals surface area contributed by atoms with Crippen LogP contribution in [0, 0.1) is 0 Å². The molecule has 0 amide bonds. The molecule has 0 atom stereocenters. The van der Waals surface area contributed by atoms with E-state index in [-0.39, 0.29) is 22.3 Å². The Balaban J connectivity index is 1.68. The molecule has 0 fully saturated rings. The number of rotatable bonds is 13. The Morgan fingerprint density at radius 2 is 0.574 bits per heavy atom. The molecule has 0 saturated carbocycles.